The van der Waals surface area contributed by atoms with Gasteiger partial charge in [-0.15, -0.1) is 0 Å². The molecule has 0 aromatic heterocycles. The van der Waals surface area contributed by atoms with Gasteiger partial charge in [0.25, 0.3) is 0 Å². The summed E-state index contributed by atoms with van der Waals surface area (Å²) in [6.07, 6.45) is 0. The number of rotatable bonds is 7. The Labute approximate surface area is 114 Å². The number of amides is 1. The van der Waals surface area contributed by atoms with Crippen LogP contribution in [0.5, 0.6) is 0 Å². The van der Waals surface area contributed by atoms with Gasteiger partial charge in [-0.25, -0.2) is 8.42 Å². The van der Waals surface area contributed by atoms with Crippen LogP contribution in [-0.4, -0.2) is 32.4 Å². The molecule has 0 aliphatic heterocycles. The largest absolute Gasteiger partial charge is 0.325 e. The first-order valence-electron chi connectivity index (χ1n) is 6.26. The second-order valence-electron chi connectivity index (χ2n) is 4.21. The summed E-state index contributed by atoms with van der Waals surface area (Å²) in [5, 5.41) is 5.79. The van der Waals surface area contributed by atoms with E-state index in [9.17, 15) is 13.2 Å². The Bertz CT molecular complexity index is 526. The Kier molecular flexibility index (Phi) is 5.98. The molecule has 106 valence electrons. The SMILES string of the molecule is CCNCc1cccc(NC(=O)CS(=O)(=O)CC)c1. The van der Waals surface area contributed by atoms with Gasteiger partial charge in [0.15, 0.2) is 9.84 Å². The van der Waals surface area contributed by atoms with E-state index in [0.717, 1.165) is 12.1 Å². The van der Waals surface area contributed by atoms with E-state index in [4.69, 9.17) is 0 Å². The molecule has 1 amide bonds. The van der Waals surface area contributed by atoms with E-state index >= 15 is 0 Å². The maximum atomic E-state index is 11.6. The minimum Gasteiger partial charge on any atom is -0.325 e. The van der Waals surface area contributed by atoms with E-state index in [2.05, 4.69) is 10.6 Å². The van der Waals surface area contributed by atoms with Crippen molar-refractivity contribution in [2.45, 2.75) is 20.4 Å². The van der Waals surface area contributed by atoms with E-state index in [1.807, 2.05) is 25.1 Å². The summed E-state index contributed by atoms with van der Waals surface area (Å²) in [6.45, 7) is 5.12. The molecular formula is C13H20N2O3S. The lowest BCUT2D eigenvalue weighted by molar-refractivity contribution is -0.113. The van der Waals surface area contributed by atoms with Crippen molar-refractivity contribution < 1.29 is 13.2 Å². The Hall–Kier alpha value is -1.40. The van der Waals surface area contributed by atoms with Crippen LogP contribution in [0.2, 0.25) is 0 Å². The number of carbonyl (C=O) groups excluding carboxylic acids is 1. The molecule has 0 bridgehead atoms. The maximum absolute atomic E-state index is 11.6. The van der Waals surface area contributed by atoms with Crippen molar-refractivity contribution in [3.8, 4) is 0 Å². The van der Waals surface area contributed by atoms with Gasteiger partial charge in [0.1, 0.15) is 5.75 Å². The zero-order valence-corrected chi connectivity index (χ0v) is 12.1. The molecule has 0 aliphatic rings. The number of benzene rings is 1. The van der Waals surface area contributed by atoms with E-state index < -0.39 is 21.5 Å². The third kappa shape index (κ3) is 5.85. The topological polar surface area (TPSA) is 75.3 Å². The number of hydrogen-bond acceptors (Lipinski definition) is 4. The van der Waals surface area contributed by atoms with Crippen LogP contribution in [0.25, 0.3) is 0 Å². The summed E-state index contributed by atoms with van der Waals surface area (Å²) in [5.74, 6) is -0.996. The van der Waals surface area contributed by atoms with E-state index in [0.29, 0.717) is 12.2 Å². The van der Waals surface area contributed by atoms with Gasteiger partial charge in [0.2, 0.25) is 5.91 Å². The Morgan fingerprint density at radius 1 is 1.26 bits per heavy atom. The van der Waals surface area contributed by atoms with Crippen LogP contribution in [-0.2, 0) is 21.2 Å². The summed E-state index contributed by atoms with van der Waals surface area (Å²) >= 11 is 0. The van der Waals surface area contributed by atoms with Crippen molar-refractivity contribution >= 4 is 21.4 Å². The van der Waals surface area contributed by atoms with Crippen molar-refractivity contribution in [1.29, 1.82) is 0 Å². The van der Waals surface area contributed by atoms with E-state index in [1.165, 1.54) is 6.92 Å². The van der Waals surface area contributed by atoms with Crippen molar-refractivity contribution in [3.05, 3.63) is 29.8 Å². The molecule has 0 unspecified atom stereocenters. The zero-order valence-electron chi connectivity index (χ0n) is 11.3. The summed E-state index contributed by atoms with van der Waals surface area (Å²) in [7, 11) is -3.29. The summed E-state index contributed by atoms with van der Waals surface area (Å²) in [4.78, 5) is 11.6. The normalized spacial score (nSPS) is 11.3. The minimum atomic E-state index is -3.29. The highest BCUT2D eigenvalue weighted by atomic mass is 32.2. The van der Waals surface area contributed by atoms with Gasteiger partial charge in [-0.3, -0.25) is 4.79 Å². The second-order valence-corrected chi connectivity index (χ2v) is 6.56. The highest BCUT2D eigenvalue weighted by Gasteiger charge is 2.14. The molecule has 0 heterocycles. The van der Waals surface area contributed by atoms with E-state index in [-0.39, 0.29) is 5.75 Å². The average Bonchev–Trinajstić information content (AvgIpc) is 2.36. The number of sulfone groups is 1. The number of carbonyl (C=O) groups is 1. The quantitative estimate of drug-likeness (QED) is 0.788. The van der Waals surface area contributed by atoms with Crippen LogP contribution >= 0.6 is 0 Å². The lowest BCUT2D eigenvalue weighted by atomic mass is 10.2. The molecule has 0 aliphatic carbocycles. The molecule has 1 aromatic carbocycles. The molecule has 0 saturated carbocycles. The first-order valence-corrected chi connectivity index (χ1v) is 8.09. The van der Waals surface area contributed by atoms with Crippen molar-refractivity contribution in [3.63, 3.8) is 0 Å². The second kappa shape index (κ2) is 7.25. The van der Waals surface area contributed by atoms with Crippen LogP contribution in [0.3, 0.4) is 0 Å². The van der Waals surface area contributed by atoms with Crippen LogP contribution in [0, 0.1) is 0 Å². The Morgan fingerprint density at radius 3 is 2.63 bits per heavy atom. The first-order chi connectivity index (χ1) is 8.96. The molecular weight excluding hydrogens is 264 g/mol. The molecule has 0 radical (unpaired) electrons. The maximum Gasteiger partial charge on any atom is 0.239 e. The van der Waals surface area contributed by atoms with Crippen molar-refractivity contribution in [1.82, 2.24) is 5.32 Å². The fourth-order valence-corrected chi connectivity index (χ4v) is 2.20. The average molecular weight is 284 g/mol. The molecule has 1 aromatic rings. The monoisotopic (exact) mass is 284 g/mol. The smallest absolute Gasteiger partial charge is 0.239 e. The number of anilines is 1. The fraction of sp³-hybridized carbons (Fsp3) is 0.462. The first kappa shape index (κ1) is 15.7. The highest BCUT2D eigenvalue weighted by Crippen LogP contribution is 2.10. The molecule has 2 N–H and O–H groups in total. The third-order valence-electron chi connectivity index (χ3n) is 2.58. The van der Waals surface area contributed by atoms with Gasteiger partial charge >= 0.3 is 0 Å². The molecule has 6 heteroatoms. The predicted molar refractivity (Wildman–Crippen MR) is 76.8 cm³/mol. The molecule has 0 saturated heterocycles. The summed E-state index contributed by atoms with van der Waals surface area (Å²) in [6, 6.07) is 7.35. The third-order valence-corrected chi connectivity index (χ3v) is 4.16. The molecule has 1 rings (SSSR count). The van der Waals surface area contributed by atoms with Gasteiger partial charge in [-0.1, -0.05) is 26.0 Å². The molecule has 0 fully saturated rings. The number of hydrogen-bond donors (Lipinski definition) is 2. The van der Waals surface area contributed by atoms with Crippen LogP contribution in [0.4, 0.5) is 5.69 Å². The van der Waals surface area contributed by atoms with Crippen LogP contribution in [0.1, 0.15) is 19.4 Å². The molecule has 19 heavy (non-hydrogen) atoms. The molecule has 0 atom stereocenters. The van der Waals surface area contributed by atoms with Crippen molar-refractivity contribution in [2.24, 2.45) is 0 Å². The van der Waals surface area contributed by atoms with Crippen molar-refractivity contribution in [2.75, 3.05) is 23.4 Å². The van der Waals surface area contributed by atoms with E-state index in [1.54, 1.807) is 6.07 Å². The Morgan fingerprint density at radius 2 is 2.00 bits per heavy atom. The summed E-state index contributed by atoms with van der Waals surface area (Å²) in [5.41, 5.74) is 1.66. The van der Waals surface area contributed by atoms with Gasteiger partial charge in [-0.05, 0) is 24.2 Å². The van der Waals surface area contributed by atoms with Gasteiger partial charge in [-0.2, -0.15) is 0 Å². The minimum absolute atomic E-state index is 0.0269. The lowest BCUT2D eigenvalue weighted by Crippen LogP contribution is -2.24. The highest BCUT2D eigenvalue weighted by molar-refractivity contribution is 7.92. The lowest BCUT2D eigenvalue weighted by Gasteiger charge is -2.08. The van der Waals surface area contributed by atoms with Crippen LogP contribution in [0.15, 0.2) is 24.3 Å². The van der Waals surface area contributed by atoms with Gasteiger partial charge in [0.05, 0.1) is 0 Å². The summed E-state index contributed by atoms with van der Waals surface area (Å²) < 4.78 is 22.7. The Balaban J connectivity index is 2.64. The van der Waals surface area contributed by atoms with Crippen LogP contribution < -0.4 is 10.6 Å². The zero-order chi connectivity index (χ0) is 14.3. The molecule has 0 spiro atoms. The number of nitrogens with one attached hydrogen (secondary N) is 2. The standard InChI is InChI=1S/C13H20N2O3S/c1-3-14-9-11-6-5-7-12(8-11)15-13(16)10-19(17,18)4-2/h5-8,14H,3-4,9-10H2,1-2H3,(H,15,16). The van der Waals surface area contributed by atoms with Gasteiger partial charge < -0.3 is 10.6 Å². The fourth-order valence-electron chi connectivity index (χ4n) is 1.53. The molecule has 5 nitrogen and oxygen atoms in total. The van der Waals surface area contributed by atoms with Gasteiger partial charge in [0, 0.05) is 18.0 Å². The predicted octanol–water partition coefficient (Wildman–Crippen LogP) is 1.17.